The first-order valence-electron chi connectivity index (χ1n) is 3.73. The van der Waals surface area contributed by atoms with Crippen molar-refractivity contribution in [2.75, 3.05) is 6.61 Å². The van der Waals surface area contributed by atoms with Crippen LogP contribution in [0.25, 0.3) is 0 Å². The number of carbonyl (C=O) groups is 1. The smallest absolute Gasteiger partial charge is 0.341 e. The van der Waals surface area contributed by atoms with Crippen LogP contribution in [-0.4, -0.2) is 17.7 Å². The molecule has 82 valence electrons. The van der Waals surface area contributed by atoms with Gasteiger partial charge in [0, 0.05) is 4.90 Å². The fourth-order valence-corrected chi connectivity index (χ4v) is 2.24. The number of carboxylic acids is 1. The molecule has 1 N–H and O–H groups in total. The Hall–Kier alpha value is -0.230. The molecule has 0 aliphatic rings. The highest BCUT2D eigenvalue weighted by atomic mass is 35.7. The highest BCUT2D eigenvalue weighted by molar-refractivity contribution is 8.21. The van der Waals surface area contributed by atoms with E-state index < -0.39 is 12.6 Å². The predicted octanol–water partition coefficient (Wildman–Crippen LogP) is 3.64. The van der Waals surface area contributed by atoms with E-state index in [1.165, 1.54) is 0 Å². The van der Waals surface area contributed by atoms with E-state index in [2.05, 4.69) is 0 Å². The van der Waals surface area contributed by atoms with Gasteiger partial charge in [-0.05, 0) is 61.5 Å². The molecule has 1 rings (SSSR count). The molecule has 0 saturated heterocycles. The average molecular weight is 285 g/mol. The van der Waals surface area contributed by atoms with E-state index in [-0.39, 0.29) is 0 Å². The van der Waals surface area contributed by atoms with Crippen molar-refractivity contribution < 1.29 is 14.6 Å². The van der Waals surface area contributed by atoms with Gasteiger partial charge in [-0.1, -0.05) is 0 Å². The van der Waals surface area contributed by atoms with E-state index in [4.69, 9.17) is 31.2 Å². The van der Waals surface area contributed by atoms with Gasteiger partial charge in [0.25, 0.3) is 0 Å². The first-order valence-corrected chi connectivity index (χ1v) is 7.01. The van der Waals surface area contributed by atoms with Gasteiger partial charge in [0.05, 0.1) is 4.90 Å². The lowest BCUT2D eigenvalue weighted by Gasteiger charge is -2.07. The molecule has 0 aliphatic heterocycles. The van der Waals surface area contributed by atoms with Gasteiger partial charge in [0.2, 0.25) is 0 Å². The summed E-state index contributed by atoms with van der Waals surface area (Å²) in [6.07, 6.45) is 0. The maximum Gasteiger partial charge on any atom is 0.341 e. The minimum absolute atomic E-state index is 0.391. The lowest BCUT2D eigenvalue weighted by Crippen LogP contribution is -2.09. The molecular formula is C8H6Cl2O3S2. The van der Waals surface area contributed by atoms with Gasteiger partial charge in [0.1, 0.15) is 5.75 Å². The van der Waals surface area contributed by atoms with Gasteiger partial charge in [0.15, 0.2) is 6.61 Å². The van der Waals surface area contributed by atoms with Crippen LogP contribution in [0.15, 0.2) is 28.0 Å². The Morgan fingerprint density at radius 2 is 2.13 bits per heavy atom. The van der Waals surface area contributed by atoms with Crippen molar-refractivity contribution in [3.63, 3.8) is 0 Å². The molecule has 7 heteroatoms. The minimum Gasteiger partial charge on any atom is -0.481 e. The monoisotopic (exact) mass is 284 g/mol. The van der Waals surface area contributed by atoms with Crippen LogP contribution in [0.3, 0.4) is 0 Å². The highest BCUT2D eigenvalue weighted by Crippen LogP contribution is 2.36. The normalized spacial score (nSPS) is 10.0. The van der Waals surface area contributed by atoms with Crippen molar-refractivity contribution in [3.05, 3.63) is 18.2 Å². The maximum absolute atomic E-state index is 10.3. The van der Waals surface area contributed by atoms with Crippen LogP contribution in [0.5, 0.6) is 5.75 Å². The topological polar surface area (TPSA) is 46.5 Å². The zero-order valence-electron chi connectivity index (χ0n) is 7.28. The minimum atomic E-state index is -1.03. The van der Waals surface area contributed by atoms with E-state index in [9.17, 15) is 4.79 Å². The van der Waals surface area contributed by atoms with Crippen LogP contribution in [0, 0.1) is 0 Å². The van der Waals surface area contributed by atoms with Crippen LogP contribution >= 0.6 is 43.3 Å². The Labute approximate surface area is 104 Å². The lowest BCUT2D eigenvalue weighted by atomic mass is 10.3. The summed E-state index contributed by atoms with van der Waals surface area (Å²) in [5.41, 5.74) is 0. The second-order valence-electron chi connectivity index (χ2n) is 2.45. The summed E-state index contributed by atoms with van der Waals surface area (Å²) in [5, 5.41) is 8.45. The standard InChI is InChI=1S/C8H6Cl2O3S2/c9-14-5-1-2-6(7(3-5)15-10)13-4-8(11)12/h1-3H,4H2,(H,11,12). The lowest BCUT2D eigenvalue weighted by molar-refractivity contribution is -0.139. The SMILES string of the molecule is O=C(O)COc1ccc(SCl)cc1SCl. The molecule has 0 heterocycles. The summed E-state index contributed by atoms with van der Waals surface area (Å²) < 4.78 is 5.03. The van der Waals surface area contributed by atoms with Gasteiger partial charge in [-0.3, -0.25) is 0 Å². The number of aliphatic carboxylic acids is 1. The van der Waals surface area contributed by atoms with Crippen molar-refractivity contribution in [2.24, 2.45) is 0 Å². The first kappa shape index (κ1) is 12.8. The second-order valence-corrected chi connectivity index (χ2v) is 4.59. The molecule has 0 atom stereocenters. The van der Waals surface area contributed by atoms with Crippen LogP contribution in [0.4, 0.5) is 0 Å². The number of hydrogen-bond donors (Lipinski definition) is 1. The molecule has 0 amide bonds. The van der Waals surface area contributed by atoms with Crippen LogP contribution in [-0.2, 0) is 4.79 Å². The van der Waals surface area contributed by atoms with Crippen molar-refractivity contribution in [2.45, 2.75) is 9.79 Å². The second kappa shape index (κ2) is 6.37. The van der Waals surface area contributed by atoms with Gasteiger partial charge in [-0.15, -0.1) is 0 Å². The van der Waals surface area contributed by atoms with Crippen molar-refractivity contribution >= 4 is 49.3 Å². The van der Waals surface area contributed by atoms with Crippen molar-refractivity contribution in [1.82, 2.24) is 0 Å². The third-order valence-corrected chi connectivity index (χ3v) is 3.39. The van der Waals surface area contributed by atoms with Crippen molar-refractivity contribution in [3.8, 4) is 5.75 Å². The first-order chi connectivity index (χ1) is 7.17. The van der Waals surface area contributed by atoms with E-state index in [0.29, 0.717) is 10.6 Å². The van der Waals surface area contributed by atoms with Gasteiger partial charge >= 0.3 is 5.97 Å². The third-order valence-electron chi connectivity index (χ3n) is 1.44. The summed E-state index contributed by atoms with van der Waals surface area (Å²) in [5.74, 6) is -0.594. The average Bonchev–Trinajstić information content (AvgIpc) is 2.25. The number of carboxylic acid groups (broad SMARTS) is 1. The number of halogens is 2. The highest BCUT2D eigenvalue weighted by Gasteiger charge is 2.07. The van der Waals surface area contributed by atoms with Crippen LogP contribution in [0.2, 0.25) is 0 Å². The van der Waals surface area contributed by atoms with E-state index in [0.717, 1.165) is 26.8 Å². The molecule has 0 bridgehead atoms. The van der Waals surface area contributed by atoms with Crippen LogP contribution in [0.1, 0.15) is 0 Å². The molecule has 0 aromatic heterocycles. The Morgan fingerprint density at radius 3 is 2.67 bits per heavy atom. The molecule has 1 aromatic carbocycles. The fourth-order valence-electron chi connectivity index (χ4n) is 0.855. The molecule has 0 unspecified atom stereocenters. The molecule has 0 aliphatic carbocycles. The molecule has 15 heavy (non-hydrogen) atoms. The summed E-state index contributed by atoms with van der Waals surface area (Å²) in [7, 11) is 13.2. The molecule has 0 saturated carbocycles. The Kier molecular flexibility index (Phi) is 5.45. The largest absolute Gasteiger partial charge is 0.481 e. The summed E-state index contributed by atoms with van der Waals surface area (Å²) >= 11 is 0. The van der Waals surface area contributed by atoms with Crippen molar-refractivity contribution in [1.29, 1.82) is 0 Å². The van der Waals surface area contributed by atoms with Gasteiger partial charge in [-0.2, -0.15) is 0 Å². The molecule has 1 aromatic rings. The van der Waals surface area contributed by atoms with E-state index >= 15 is 0 Å². The Bertz CT molecular complexity index is 360. The quantitative estimate of drug-likeness (QED) is 0.894. The summed E-state index contributed by atoms with van der Waals surface area (Å²) in [4.78, 5) is 11.8. The van der Waals surface area contributed by atoms with E-state index in [1.807, 2.05) is 0 Å². The molecule has 0 radical (unpaired) electrons. The zero-order chi connectivity index (χ0) is 11.3. The zero-order valence-corrected chi connectivity index (χ0v) is 10.4. The number of ether oxygens (including phenoxy) is 1. The van der Waals surface area contributed by atoms with Gasteiger partial charge < -0.3 is 9.84 Å². The number of rotatable bonds is 5. The third kappa shape index (κ3) is 4.03. The maximum atomic E-state index is 10.3. The predicted molar refractivity (Wildman–Crippen MR) is 63.0 cm³/mol. The van der Waals surface area contributed by atoms with E-state index in [1.54, 1.807) is 18.2 Å². The molecule has 3 nitrogen and oxygen atoms in total. The van der Waals surface area contributed by atoms with Gasteiger partial charge in [-0.25, -0.2) is 4.79 Å². The molecule has 0 fully saturated rings. The molecule has 0 spiro atoms. The number of hydrogen-bond acceptors (Lipinski definition) is 4. The van der Waals surface area contributed by atoms with Crippen LogP contribution < -0.4 is 4.74 Å². The summed E-state index contributed by atoms with van der Waals surface area (Å²) in [6, 6.07) is 5.09. The summed E-state index contributed by atoms with van der Waals surface area (Å²) in [6.45, 7) is -0.391. The Morgan fingerprint density at radius 1 is 1.40 bits per heavy atom. The molecular weight excluding hydrogens is 279 g/mol. The fraction of sp³-hybridized carbons (Fsp3) is 0.125. The number of benzene rings is 1. The Balaban J connectivity index is 2.82.